The Kier molecular flexibility index (Phi) is 8.87. The van der Waals surface area contributed by atoms with Gasteiger partial charge in [0.25, 0.3) is 5.91 Å². The number of hydrazine groups is 1. The van der Waals surface area contributed by atoms with Crippen LogP contribution in [0, 0.1) is 6.92 Å². The van der Waals surface area contributed by atoms with E-state index in [0.29, 0.717) is 23.7 Å². The number of rotatable bonds is 8. The van der Waals surface area contributed by atoms with Gasteiger partial charge in [0.05, 0.1) is 10.6 Å². The molecule has 0 saturated carbocycles. The number of aromatic nitrogens is 1. The van der Waals surface area contributed by atoms with Crippen molar-refractivity contribution in [2.75, 3.05) is 10.6 Å². The molecule has 0 bridgehead atoms. The molecule has 0 aliphatic rings. The summed E-state index contributed by atoms with van der Waals surface area (Å²) in [6.07, 6.45) is -3.22. The van der Waals surface area contributed by atoms with Crippen LogP contribution in [0.25, 0.3) is 0 Å². The summed E-state index contributed by atoms with van der Waals surface area (Å²) in [5.74, 6) is 0.333. The van der Waals surface area contributed by atoms with Gasteiger partial charge in [-0.2, -0.15) is 13.2 Å². The van der Waals surface area contributed by atoms with Crippen molar-refractivity contribution in [3.8, 4) is 11.5 Å². The SMILES string of the molecule is Cc1ccc(CNNC(=O)c2cc(Oc3ccc(NC(=O)Nc4ccc(Cl)c(C(F)(F)F)c4)cc3)ccn2)cc1. The van der Waals surface area contributed by atoms with E-state index in [1.54, 1.807) is 30.3 Å². The van der Waals surface area contributed by atoms with Gasteiger partial charge in [0.15, 0.2) is 0 Å². The number of pyridine rings is 1. The Morgan fingerprint density at radius 3 is 2.25 bits per heavy atom. The number of hydrogen-bond donors (Lipinski definition) is 4. The molecule has 3 aromatic carbocycles. The Hall–Kier alpha value is -4.61. The number of ether oxygens (including phenoxy) is 1. The van der Waals surface area contributed by atoms with Crippen LogP contribution in [0.1, 0.15) is 27.2 Å². The van der Waals surface area contributed by atoms with E-state index in [4.69, 9.17) is 16.3 Å². The van der Waals surface area contributed by atoms with Gasteiger partial charge in [0.2, 0.25) is 0 Å². The van der Waals surface area contributed by atoms with Gasteiger partial charge in [-0.05, 0) is 61.0 Å². The normalized spacial score (nSPS) is 11.0. The number of urea groups is 1. The number of anilines is 2. The van der Waals surface area contributed by atoms with E-state index in [9.17, 15) is 22.8 Å². The van der Waals surface area contributed by atoms with Crippen molar-refractivity contribution in [2.24, 2.45) is 0 Å². The Labute approximate surface area is 232 Å². The van der Waals surface area contributed by atoms with E-state index in [-0.39, 0.29) is 11.4 Å². The summed E-state index contributed by atoms with van der Waals surface area (Å²) in [5, 5.41) is 4.39. The number of nitrogens with one attached hydrogen (secondary N) is 4. The maximum absolute atomic E-state index is 13.0. The minimum Gasteiger partial charge on any atom is -0.457 e. The van der Waals surface area contributed by atoms with Crippen molar-refractivity contribution < 1.29 is 27.5 Å². The highest BCUT2D eigenvalue weighted by atomic mass is 35.5. The molecule has 4 rings (SSSR count). The van der Waals surface area contributed by atoms with E-state index >= 15 is 0 Å². The maximum Gasteiger partial charge on any atom is 0.417 e. The van der Waals surface area contributed by atoms with Crippen LogP contribution in [-0.2, 0) is 12.7 Å². The number of alkyl halides is 3. The third-order valence-corrected chi connectivity index (χ3v) is 5.79. The number of aryl methyl sites for hydroxylation is 1. The molecule has 12 heteroatoms. The lowest BCUT2D eigenvalue weighted by Crippen LogP contribution is -2.37. The summed E-state index contributed by atoms with van der Waals surface area (Å²) >= 11 is 5.60. The first kappa shape index (κ1) is 28.4. The van der Waals surface area contributed by atoms with Crippen LogP contribution in [0.15, 0.2) is 85.1 Å². The van der Waals surface area contributed by atoms with Gasteiger partial charge < -0.3 is 15.4 Å². The highest BCUT2D eigenvalue weighted by molar-refractivity contribution is 6.31. The summed E-state index contributed by atoms with van der Waals surface area (Å²) < 4.78 is 44.9. The first-order valence-corrected chi connectivity index (χ1v) is 12.2. The minimum absolute atomic E-state index is 0.0722. The zero-order valence-electron chi connectivity index (χ0n) is 21.0. The fourth-order valence-electron chi connectivity index (χ4n) is 3.45. The molecule has 0 fully saturated rings. The summed E-state index contributed by atoms with van der Waals surface area (Å²) in [6.45, 7) is 2.43. The number of nitrogens with zero attached hydrogens (tertiary/aromatic N) is 1. The average molecular weight is 570 g/mol. The predicted octanol–water partition coefficient (Wildman–Crippen LogP) is 6.93. The highest BCUT2D eigenvalue weighted by Gasteiger charge is 2.33. The van der Waals surface area contributed by atoms with Crippen LogP contribution >= 0.6 is 11.6 Å². The Bertz CT molecular complexity index is 1500. The number of amides is 3. The number of carbonyl (C=O) groups excluding carboxylic acids is 2. The zero-order chi connectivity index (χ0) is 28.7. The number of hydrogen-bond acceptors (Lipinski definition) is 5. The zero-order valence-corrected chi connectivity index (χ0v) is 21.7. The fraction of sp³-hybridized carbons (Fsp3) is 0.107. The molecule has 0 aliphatic heterocycles. The minimum atomic E-state index is -4.65. The second-order valence-corrected chi connectivity index (χ2v) is 8.98. The molecule has 206 valence electrons. The molecule has 8 nitrogen and oxygen atoms in total. The first-order chi connectivity index (χ1) is 19.1. The second-order valence-electron chi connectivity index (χ2n) is 8.57. The summed E-state index contributed by atoms with van der Waals surface area (Å²) in [6, 6.07) is 19.5. The monoisotopic (exact) mass is 569 g/mol. The highest BCUT2D eigenvalue weighted by Crippen LogP contribution is 2.36. The number of benzene rings is 3. The lowest BCUT2D eigenvalue weighted by molar-refractivity contribution is -0.137. The van der Waals surface area contributed by atoms with Gasteiger partial charge in [-0.15, -0.1) is 0 Å². The fourth-order valence-corrected chi connectivity index (χ4v) is 3.68. The van der Waals surface area contributed by atoms with Crippen molar-refractivity contribution in [3.05, 3.63) is 112 Å². The lowest BCUT2D eigenvalue weighted by atomic mass is 10.1. The molecular formula is C28H23ClF3N5O3. The van der Waals surface area contributed by atoms with Gasteiger partial charge in [-0.1, -0.05) is 41.4 Å². The van der Waals surface area contributed by atoms with Crippen molar-refractivity contribution >= 4 is 34.9 Å². The van der Waals surface area contributed by atoms with E-state index in [2.05, 4.69) is 26.5 Å². The van der Waals surface area contributed by atoms with Gasteiger partial charge in [-0.3, -0.25) is 15.2 Å². The Balaban J connectivity index is 1.30. The van der Waals surface area contributed by atoms with E-state index in [1.807, 2.05) is 31.2 Å². The van der Waals surface area contributed by atoms with E-state index in [0.717, 1.165) is 23.3 Å². The van der Waals surface area contributed by atoms with Crippen molar-refractivity contribution in [1.29, 1.82) is 0 Å². The summed E-state index contributed by atoms with van der Waals surface area (Å²) in [7, 11) is 0. The molecule has 40 heavy (non-hydrogen) atoms. The predicted molar refractivity (Wildman–Crippen MR) is 145 cm³/mol. The molecule has 0 saturated heterocycles. The topological polar surface area (TPSA) is 104 Å². The van der Waals surface area contributed by atoms with Crippen molar-refractivity contribution in [2.45, 2.75) is 19.6 Å². The summed E-state index contributed by atoms with van der Waals surface area (Å²) in [5.41, 5.74) is 6.98. The summed E-state index contributed by atoms with van der Waals surface area (Å²) in [4.78, 5) is 28.8. The average Bonchev–Trinajstić information content (AvgIpc) is 2.91. The molecule has 0 aliphatic carbocycles. The molecule has 0 atom stereocenters. The van der Waals surface area contributed by atoms with Crippen LogP contribution in [-0.4, -0.2) is 16.9 Å². The molecule has 3 amide bonds. The molecule has 1 heterocycles. The molecule has 0 spiro atoms. The van der Waals surface area contributed by atoms with Crippen molar-refractivity contribution in [3.63, 3.8) is 0 Å². The Morgan fingerprint density at radius 1 is 0.875 bits per heavy atom. The van der Waals surface area contributed by atoms with Crippen molar-refractivity contribution in [1.82, 2.24) is 15.8 Å². The smallest absolute Gasteiger partial charge is 0.417 e. The molecule has 0 unspecified atom stereocenters. The number of carbonyl (C=O) groups is 2. The van der Waals surface area contributed by atoms with Crippen LogP contribution in [0.3, 0.4) is 0 Å². The van der Waals surface area contributed by atoms with Gasteiger partial charge >= 0.3 is 12.2 Å². The van der Waals surface area contributed by atoms with Gasteiger partial charge in [-0.25, -0.2) is 10.2 Å². The largest absolute Gasteiger partial charge is 0.457 e. The first-order valence-electron chi connectivity index (χ1n) is 11.8. The van der Waals surface area contributed by atoms with E-state index in [1.165, 1.54) is 18.3 Å². The maximum atomic E-state index is 13.0. The van der Waals surface area contributed by atoms with Crippen LogP contribution in [0.2, 0.25) is 5.02 Å². The van der Waals surface area contributed by atoms with Gasteiger partial charge in [0, 0.05) is 30.2 Å². The Morgan fingerprint density at radius 2 is 1.55 bits per heavy atom. The van der Waals surface area contributed by atoms with E-state index < -0.39 is 28.7 Å². The molecular weight excluding hydrogens is 547 g/mol. The van der Waals surface area contributed by atoms with Crippen LogP contribution < -0.4 is 26.2 Å². The third kappa shape index (κ3) is 7.95. The third-order valence-electron chi connectivity index (χ3n) is 5.46. The molecule has 1 aromatic heterocycles. The number of halogens is 4. The van der Waals surface area contributed by atoms with Crippen LogP contribution in [0.4, 0.5) is 29.3 Å². The molecule has 4 N–H and O–H groups in total. The standard InChI is InChI=1S/C28H23ClF3N5O3/c1-17-2-4-18(5-3-17)16-34-37-26(38)25-15-22(12-13-33-25)40-21-9-6-19(7-10-21)35-27(39)36-20-8-11-24(29)23(14-20)28(30,31)32/h2-15,34H,16H2,1H3,(H,37,38)(H2,35,36,39). The quantitative estimate of drug-likeness (QED) is 0.172. The molecule has 4 aromatic rings. The van der Waals surface area contributed by atoms with Gasteiger partial charge in [0.1, 0.15) is 17.2 Å². The second kappa shape index (κ2) is 12.5. The molecule has 0 radical (unpaired) electrons. The lowest BCUT2D eigenvalue weighted by Gasteiger charge is -2.13. The van der Waals surface area contributed by atoms with Crippen LogP contribution in [0.5, 0.6) is 11.5 Å².